The van der Waals surface area contributed by atoms with E-state index in [4.69, 9.17) is 4.79 Å². The zero-order valence-electron chi connectivity index (χ0n) is 4.52. The molecule has 1 N–H and O–H groups in total. The predicted molar refractivity (Wildman–Crippen MR) is 29.0 cm³/mol. The van der Waals surface area contributed by atoms with Gasteiger partial charge in [0.25, 0.3) is 0 Å². The van der Waals surface area contributed by atoms with Gasteiger partial charge in [0.2, 0.25) is 5.91 Å². The molecule has 0 aromatic carbocycles. The van der Waals surface area contributed by atoms with E-state index in [2.05, 4.69) is 12.1 Å². The minimum Gasteiger partial charge on any atom is -0.356 e. The Morgan fingerprint density at radius 2 is 2.12 bits per heavy atom. The topological polar surface area (TPSA) is 46.2 Å². The second-order valence-electron chi connectivity index (χ2n) is 1.45. The Morgan fingerprint density at radius 1 is 1.50 bits per heavy atom. The molecule has 0 saturated carbocycles. The molecule has 0 spiro atoms. The molecule has 0 aromatic rings. The Kier molecular flexibility index (Phi) is 3.84. The van der Waals surface area contributed by atoms with Crippen LogP contribution in [0.1, 0.15) is 12.8 Å². The number of hydrogen-bond donors (Lipinski definition) is 1. The summed E-state index contributed by atoms with van der Waals surface area (Å²) >= 11 is 0. The Labute approximate surface area is 48.1 Å². The standard InChI is InChI=1S/C4H7NO.CHO/c6-4-2-1-3-5-4;1-2/h1-3H2,(H,5,6);1H. The molecule has 1 rings (SSSR count). The minimum absolute atomic E-state index is 0.204. The number of nitrogens with one attached hydrogen (secondary N) is 1. The maximum absolute atomic E-state index is 10.1. The van der Waals surface area contributed by atoms with Gasteiger partial charge in [0.05, 0.1) is 0 Å². The maximum atomic E-state index is 10.1. The molecule has 1 saturated heterocycles. The molecule has 1 radical (unpaired) electrons. The second kappa shape index (κ2) is 4.30. The largest absolute Gasteiger partial charge is 0.356 e. The van der Waals surface area contributed by atoms with E-state index in [-0.39, 0.29) is 5.91 Å². The molecule has 0 aliphatic carbocycles. The fourth-order valence-electron chi connectivity index (χ4n) is 0.565. The van der Waals surface area contributed by atoms with Gasteiger partial charge in [-0.15, -0.1) is 0 Å². The van der Waals surface area contributed by atoms with Crippen LogP contribution >= 0.6 is 0 Å². The van der Waals surface area contributed by atoms with E-state index in [1.165, 1.54) is 0 Å². The summed E-state index contributed by atoms with van der Waals surface area (Å²) < 4.78 is 0. The van der Waals surface area contributed by atoms with E-state index in [1.54, 1.807) is 0 Å². The van der Waals surface area contributed by atoms with Gasteiger partial charge in [-0.1, -0.05) is 0 Å². The van der Waals surface area contributed by atoms with Gasteiger partial charge in [0, 0.05) is 13.0 Å². The molecule has 1 fully saturated rings. The van der Waals surface area contributed by atoms with Crippen molar-refractivity contribution in [1.82, 2.24) is 5.32 Å². The van der Waals surface area contributed by atoms with E-state index in [9.17, 15) is 4.79 Å². The van der Waals surface area contributed by atoms with Crippen LogP contribution < -0.4 is 5.32 Å². The second-order valence-corrected chi connectivity index (χ2v) is 1.45. The first-order valence-electron chi connectivity index (χ1n) is 2.40. The summed E-state index contributed by atoms with van der Waals surface area (Å²) in [7, 11) is 0. The van der Waals surface area contributed by atoms with Crippen molar-refractivity contribution in [2.45, 2.75) is 12.8 Å². The van der Waals surface area contributed by atoms with Gasteiger partial charge < -0.3 is 5.32 Å². The van der Waals surface area contributed by atoms with E-state index >= 15 is 0 Å². The molecule has 45 valence electrons. The van der Waals surface area contributed by atoms with E-state index in [0.29, 0.717) is 0 Å². The molecule has 0 bridgehead atoms. The minimum atomic E-state index is 0.204. The van der Waals surface area contributed by atoms with Gasteiger partial charge in [-0.05, 0) is 6.42 Å². The van der Waals surface area contributed by atoms with E-state index in [0.717, 1.165) is 19.4 Å². The third-order valence-electron chi connectivity index (χ3n) is 0.903. The molecule has 3 heteroatoms. The molecule has 1 aliphatic heterocycles. The molecular formula is C5H8NO2. The molecule has 1 aliphatic rings. The van der Waals surface area contributed by atoms with Crippen molar-refractivity contribution in [3.8, 4) is 0 Å². The smallest absolute Gasteiger partial charge is 0.220 e. The summed E-state index contributed by atoms with van der Waals surface area (Å²) in [5.41, 5.74) is 0. The molecule has 0 aromatic heterocycles. The summed E-state index contributed by atoms with van der Waals surface area (Å²) in [6, 6.07) is 0. The molecule has 0 unspecified atom stereocenters. The molecule has 3 nitrogen and oxygen atoms in total. The van der Waals surface area contributed by atoms with Crippen molar-refractivity contribution >= 4 is 12.7 Å². The van der Waals surface area contributed by atoms with Gasteiger partial charge in [-0.25, -0.2) is 0 Å². The highest BCUT2D eigenvalue weighted by atomic mass is 16.1. The lowest BCUT2D eigenvalue weighted by Gasteiger charge is -1.80. The lowest BCUT2D eigenvalue weighted by atomic mass is 10.4. The van der Waals surface area contributed by atoms with Crippen molar-refractivity contribution < 1.29 is 9.59 Å². The van der Waals surface area contributed by atoms with Crippen LogP contribution in [0.4, 0.5) is 0 Å². The Bertz CT molecular complexity index is 74.5. The number of carbonyl (C=O) groups is 1. The van der Waals surface area contributed by atoms with Crippen molar-refractivity contribution in [2.24, 2.45) is 0 Å². The van der Waals surface area contributed by atoms with Crippen LogP contribution in [0.5, 0.6) is 0 Å². The third-order valence-corrected chi connectivity index (χ3v) is 0.903. The summed E-state index contributed by atoms with van der Waals surface area (Å²) in [6.07, 6.45) is 1.76. The summed E-state index contributed by atoms with van der Waals surface area (Å²) in [4.78, 5) is 17.9. The number of amides is 1. The molecular weight excluding hydrogens is 106 g/mol. The van der Waals surface area contributed by atoms with Gasteiger partial charge in [-0.3, -0.25) is 9.59 Å². The lowest BCUT2D eigenvalue weighted by molar-refractivity contribution is -0.119. The van der Waals surface area contributed by atoms with Crippen LogP contribution in [-0.2, 0) is 9.59 Å². The highest BCUT2D eigenvalue weighted by Crippen LogP contribution is 1.93. The number of rotatable bonds is 0. The van der Waals surface area contributed by atoms with Gasteiger partial charge in [0.15, 0.2) is 6.79 Å². The molecule has 8 heavy (non-hydrogen) atoms. The van der Waals surface area contributed by atoms with Crippen LogP contribution in [0.2, 0.25) is 0 Å². The van der Waals surface area contributed by atoms with Crippen molar-refractivity contribution in [2.75, 3.05) is 6.54 Å². The first-order chi connectivity index (χ1) is 3.89. The Morgan fingerprint density at radius 3 is 2.25 bits per heavy atom. The van der Waals surface area contributed by atoms with E-state index < -0.39 is 0 Å². The molecule has 1 amide bonds. The monoisotopic (exact) mass is 114 g/mol. The fourth-order valence-corrected chi connectivity index (χ4v) is 0.565. The first kappa shape index (κ1) is 7.14. The zero-order chi connectivity index (χ0) is 6.41. The maximum Gasteiger partial charge on any atom is 0.220 e. The summed E-state index contributed by atoms with van der Waals surface area (Å²) in [6.45, 7) is 4.14. The van der Waals surface area contributed by atoms with E-state index in [1.807, 2.05) is 0 Å². The highest BCUT2D eigenvalue weighted by Gasteiger charge is 2.05. The lowest BCUT2D eigenvalue weighted by Crippen LogP contribution is -2.12. The number of hydrogen-bond acceptors (Lipinski definition) is 2. The van der Waals surface area contributed by atoms with Crippen LogP contribution in [0.15, 0.2) is 0 Å². The van der Waals surface area contributed by atoms with Crippen molar-refractivity contribution in [1.29, 1.82) is 0 Å². The van der Waals surface area contributed by atoms with Crippen LogP contribution in [0.3, 0.4) is 0 Å². The Hall–Kier alpha value is -0.860. The van der Waals surface area contributed by atoms with Gasteiger partial charge in [0.1, 0.15) is 0 Å². The summed E-state index contributed by atoms with van der Waals surface area (Å²) in [5.74, 6) is 0.204. The number of carbonyl (C=O) groups excluding carboxylic acids is 2. The molecule has 1 heterocycles. The normalized spacial score (nSPS) is 16.2. The fraction of sp³-hybridized carbons (Fsp3) is 0.600. The van der Waals surface area contributed by atoms with Gasteiger partial charge >= 0.3 is 0 Å². The average molecular weight is 114 g/mol. The third kappa shape index (κ3) is 2.34. The SMILES string of the molecule is O=C1CCCN1.[CH]=O. The highest BCUT2D eigenvalue weighted by molar-refractivity contribution is 5.77. The summed E-state index contributed by atoms with van der Waals surface area (Å²) in [5, 5.41) is 2.68. The van der Waals surface area contributed by atoms with Crippen LogP contribution in [0.25, 0.3) is 0 Å². The van der Waals surface area contributed by atoms with Crippen LogP contribution in [-0.4, -0.2) is 19.2 Å². The predicted octanol–water partition coefficient (Wildman–Crippen LogP) is -0.378. The Balaban J connectivity index is 0.000000222. The quantitative estimate of drug-likeness (QED) is 0.436. The first-order valence-corrected chi connectivity index (χ1v) is 2.40. The van der Waals surface area contributed by atoms with Crippen molar-refractivity contribution in [3.05, 3.63) is 0 Å². The van der Waals surface area contributed by atoms with Crippen molar-refractivity contribution in [3.63, 3.8) is 0 Å². The molecule has 0 atom stereocenters. The van der Waals surface area contributed by atoms with Gasteiger partial charge in [-0.2, -0.15) is 0 Å². The average Bonchev–Trinajstić information content (AvgIpc) is 2.24. The van der Waals surface area contributed by atoms with Crippen LogP contribution in [0, 0.1) is 0 Å². The zero-order valence-corrected chi connectivity index (χ0v) is 4.52.